The minimum absolute atomic E-state index is 0.0311. The molecule has 5 nitrogen and oxygen atoms in total. The Hall–Kier alpha value is -1.41. The molecule has 212 valence electrons. The van der Waals surface area contributed by atoms with Crippen molar-refractivity contribution in [3.8, 4) is 0 Å². The van der Waals surface area contributed by atoms with E-state index >= 15 is 0 Å². The molecule has 3 atom stereocenters. The van der Waals surface area contributed by atoms with Gasteiger partial charge in [0.25, 0.3) is 0 Å². The van der Waals surface area contributed by atoms with E-state index in [1.54, 1.807) is 30.3 Å². The molecular weight excluding hydrogens is 600 g/mol. The Labute approximate surface area is 251 Å². The topological polar surface area (TPSA) is 71.5 Å². The van der Waals surface area contributed by atoms with E-state index in [9.17, 15) is 18.0 Å². The first-order chi connectivity index (χ1) is 18.0. The molecule has 3 rings (SSSR count). The third-order valence-electron chi connectivity index (χ3n) is 6.85. The highest BCUT2D eigenvalue weighted by Crippen LogP contribution is 2.49. The van der Waals surface area contributed by atoms with Gasteiger partial charge in [-0.15, -0.1) is 0 Å². The lowest BCUT2D eigenvalue weighted by atomic mass is 9.85. The third-order valence-corrected chi connectivity index (χ3v) is 10.4. The van der Waals surface area contributed by atoms with Crippen molar-refractivity contribution in [2.24, 2.45) is 17.3 Å². The van der Waals surface area contributed by atoms with E-state index in [-0.39, 0.29) is 49.4 Å². The summed E-state index contributed by atoms with van der Waals surface area (Å²) < 4.78 is 30.1. The summed E-state index contributed by atoms with van der Waals surface area (Å²) in [5, 5.41) is 0.447. The van der Waals surface area contributed by atoms with Crippen LogP contribution in [0.1, 0.15) is 66.0 Å². The van der Waals surface area contributed by atoms with E-state index in [1.165, 1.54) is 23.4 Å². The first kappa shape index (κ1) is 32.1. The molecule has 39 heavy (non-hydrogen) atoms. The predicted molar refractivity (Wildman–Crippen MR) is 159 cm³/mol. The van der Waals surface area contributed by atoms with Gasteiger partial charge in [-0.05, 0) is 54.5 Å². The van der Waals surface area contributed by atoms with Crippen molar-refractivity contribution < 1.29 is 18.0 Å². The number of hydrogen-bond acceptors (Lipinski definition) is 4. The highest BCUT2D eigenvalue weighted by atomic mass is 35.5. The van der Waals surface area contributed by atoms with Crippen molar-refractivity contribution in [3.05, 3.63) is 73.7 Å². The molecule has 0 saturated heterocycles. The molecule has 1 aliphatic heterocycles. The fourth-order valence-electron chi connectivity index (χ4n) is 4.94. The van der Waals surface area contributed by atoms with Crippen molar-refractivity contribution in [2.45, 2.75) is 71.4 Å². The SMILES string of the molecule is CC(=O)[C@@H](CC(=O)C1=C[C@@H](C(C)(C)C)N(S(=O)(=O)c2c(Cl)cccc2Cl)C1c1ccc(Cl)c(Cl)c1)CC(C)C. The quantitative estimate of drug-likeness (QED) is 0.277. The zero-order chi connectivity index (χ0) is 29.4. The molecule has 10 heteroatoms. The predicted octanol–water partition coefficient (Wildman–Crippen LogP) is 8.60. The molecule has 0 fully saturated rings. The van der Waals surface area contributed by atoms with Gasteiger partial charge < -0.3 is 0 Å². The van der Waals surface area contributed by atoms with Crippen LogP contribution < -0.4 is 0 Å². The fraction of sp³-hybridized carbons (Fsp3) is 0.448. The van der Waals surface area contributed by atoms with Crippen LogP contribution in [0, 0.1) is 17.3 Å². The number of nitrogens with zero attached hydrogens (tertiary/aromatic N) is 1. The smallest absolute Gasteiger partial charge is 0.247 e. The summed E-state index contributed by atoms with van der Waals surface area (Å²) in [5.41, 5.74) is 0.107. The Morgan fingerprint density at radius 3 is 2.03 bits per heavy atom. The summed E-state index contributed by atoms with van der Waals surface area (Å²) in [6, 6.07) is 7.48. The van der Waals surface area contributed by atoms with Gasteiger partial charge in [-0.25, -0.2) is 8.42 Å². The standard InChI is InChI=1S/C29H33Cl4NO4S/c1-16(2)12-19(17(3)35)14-25(36)20-15-26(29(4,5)6)34(27(20)18-10-11-21(30)24(33)13-18)39(37,38)28-22(31)8-7-9-23(28)32/h7-11,13,15-16,19,26-27H,12,14H2,1-6H3/t19-,26+,27?/m1/s1. The molecule has 0 aromatic heterocycles. The van der Waals surface area contributed by atoms with Crippen molar-refractivity contribution in [1.82, 2.24) is 4.31 Å². The molecule has 0 saturated carbocycles. The first-order valence-electron chi connectivity index (χ1n) is 12.6. The van der Waals surface area contributed by atoms with E-state index in [2.05, 4.69) is 0 Å². The van der Waals surface area contributed by atoms with Gasteiger partial charge in [-0.2, -0.15) is 4.31 Å². The Kier molecular flexibility index (Phi) is 10.1. The van der Waals surface area contributed by atoms with Crippen molar-refractivity contribution in [3.63, 3.8) is 0 Å². The van der Waals surface area contributed by atoms with Gasteiger partial charge in [0.05, 0.1) is 26.1 Å². The molecule has 0 amide bonds. The molecule has 1 aliphatic rings. The molecule has 0 radical (unpaired) electrons. The summed E-state index contributed by atoms with van der Waals surface area (Å²) >= 11 is 25.3. The second kappa shape index (κ2) is 12.2. The number of ketones is 2. The largest absolute Gasteiger partial charge is 0.300 e. The monoisotopic (exact) mass is 631 g/mol. The minimum Gasteiger partial charge on any atom is -0.300 e. The highest BCUT2D eigenvalue weighted by molar-refractivity contribution is 7.89. The number of sulfonamides is 1. The van der Waals surface area contributed by atoms with Crippen LogP contribution in [-0.2, 0) is 19.6 Å². The Morgan fingerprint density at radius 2 is 1.54 bits per heavy atom. The Morgan fingerprint density at radius 1 is 0.949 bits per heavy atom. The maximum Gasteiger partial charge on any atom is 0.247 e. The molecule has 0 bridgehead atoms. The van der Waals surface area contributed by atoms with Crippen LogP contribution in [0.4, 0.5) is 0 Å². The van der Waals surface area contributed by atoms with Gasteiger partial charge >= 0.3 is 0 Å². The summed E-state index contributed by atoms with van der Waals surface area (Å²) in [6.07, 6.45) is 2.21. The molecule has 2 aromatic carbocycles. The molecule has 1 heterocycles. The lowest BCUT2D eigenvalue weighted by Crippen LogP contribution is -2.45. The van der Waals surface area contributed by atoms with Crippen LogP contribution in [0.5, 0.6) is 0 Å². The fourth-order valence-corrected chi connectivity index (χ4v) is 8.26. The number of carbonyl (C=O) groups excluding carboxylic acids is 2. The van der Waals surface area contributed by atoms with E-state index in [0.29, 0.717) is 17.0 Å². The van der Waals surface area contributed by atoms with Crippen molar-refractivity contribution >= 4 is 68.0 Å². The normalized spacial score (nSPS) is 19.3. The van der Waals surface area contributed by atoms with Crippen LogP contribution in [0.2, 0.25) is 20.1 Å². The van der Waals surface area contributed by atoms with Gasteiger partial charge in [0.2, 0.25) is 10.0 Å². The van der Waals surface area contributed by atoms with Gasteiger partial charge in [-0.3, -0.25) is 9.59 Å². The van der Waals surface area contributed by atoms with Gasteiger partial charge in [0.1, 0.15) is 10.7 Å². The van der Waals surface area contributed by atoms with E-state index in [0.717, 1.165) is 0 Å². The number of rotatable bonds is 9. The van der Waals surface area contributed by atoms with Gasteiger partial charge in [-0.1, -0.05) is 99.2 Å². The van der Waals surface area contributed by atoms with Crippen LogP contribution >= 0.6 is 46.4 Å². The maximum atomic E-state index is 14.4. The van der Waals surface area contributed by atoms with Crippen LogP contribution in [0.15, 0.2) is 52.9 Å². The average molecular weight is 633 g/mol. The summed E-state index contributed by atoms with van der Waals surface area (Å²) in [4.78, 5) is 26.1. The lowest BCUT2D eigenvalue weighted by Gasteiger charge is -2.37. The zero-order valence-corrected chi connectivity index (χ0v) is 26.6. The summed E-state index contributed by atoms with van der Waals surface area (Å²) in [7, 11) is -4.36. The minimum atomic E-state index is -4.36. The van der Waals surface area contributed by atoms with E-state index in [4.69, 9.17) is 46.4 Å². The molecule has 0 aliphatic carbocycles. The summed E-state index contributed by atoms with van der Waals surface area (Å²) in [5.74, 6) is -0.660. The number of benzene rings is 2. The highest BCUT2D eigenvalue weighted by Gasteiger charge is 2.50. The van der Waals surface area contributed by atoms with Crippen LogP contribution in [0.25, 0.3) is 0 Å². The van der Waals surface area contributed by atoms with E-state index in [1.807, 2.05) is 34.6 Å². The molecule has 0 N–H and O–H groups in total. The second-order valence-corrected chi connectivity index (χ2v) is 14.9. The zero-order valence-electron chi connectivity index (χ0n) is 22.8. The molecule has 0 spiro atoms. The Bertz CT molecular complexity index is 1390. The second-order valence-electron chi connectivity index (χ2n) is 11.5. The van der Waals surface area contributed by atoms with Crippen molar-refractivity contribution in [2.75, 3.05) is 0 Å². The summed E-state index contributed by atoms with van der Waals surface area (Å²) in [6.45, 7) is 11.1. The van der Waals surface area contributed by atoms with Crippen LogP contribution in [-0.4, -0.2) is 30.3 Å². The third kappa shape index (κ3) is 6.91. The Balaban J connectivity index is 2.27. The average Bonchev–Trinajstić information content (AvgIpc) is 3.22. The number of Topliss-reactive ketones (excluding diaryl/α,β-unsaturated/α-hetero) is 2. The molecular formula is C29H33Cl4NO4S. The maximum absolute atomic E-state index is 14.4. The van der Waals surface area contributed by atoms with Crippen molar-refractivity contribution in [1.29, 1.82) is 0 Å². The lowest BCUT2D eigenvalue weighted by molar-refractivity contribution is -0.125. The number of halogens is 4. The van der Waals surface area contributed by atoms with Gasteiger partial charge in [0, 0.05) is 24.0 Å². The van der Waals surface area contributed by atoms with Crippen LogP contribution in [0.3, 0.4) is 0 Å². The number of hydrogen-bond donors (Lipinski definition) is 0. The molecule has 2 aromatic rings. The first-order valence-corrected chi connectivity index (χ1v) is 15.6. The van der Waals surface area contributed by atoms with Gasteiger partial charge in [0.15, 0.2) is 5.78 Å². The number of carbonyl (C=O) groups is 2. The van der Waals surface area contributed by atoms with E-state index < -0.39 is 33.4 Å². The molecule has 1 unspecified atom stereocenters.